The van der Waals surface area contributed by atoms with Gasteiger partial charge in [0, 0.05) is 22.4 Å². The van der Waals surface area contributed by atoms with E-state index in [9.17, 15) is 13.2 Å². The second kappa shape index (κ2) is 9.61. The zero-order valence-electron chi connectivity index (χ0n) is 13.7. The molecule has 25 heavy (non-hydrogen) atoms. The van der Waals surface area contributed by atoms with Crippen molar-refractivity contribution in [2.24, 2.45) is 5.73 Å². The molecule has 1 unspecified atom stereocenters. The molecule has 2 rings (SSSR count). The Morgan fingerprint density at radius 3 is 2.24 bits per heavy atom. The summed E-state index contributed by atoms with van der Waals surface area (Å²) in [5, 5.41) is -1.63. The van der Waals surface area contributed by atoms with Crippen LogP contribution < -0.4 is 5.73 Å². The maximum atomic E-state index is 12.7. The van der Waals surface area contributed by atoms with Crippen LogP contribution in [0.2, 0.25) is 0 Å². The van der Waals surface area contributed by atoms with Gasteiger partial charge in [0.1, 0.15) is 0 Å². The van der Waals surface area contributed by atoms with Crippen molar-refractivity contribution in [2.75, 3.05) is 13.3 Å². The molecule has 2 aromatic carbocycles. The lowest BCUT2D eigenvalue weighted by atomic mass is 10.1. The van der Waals surface area contributed by atoms with E-state index in [-0.39, 0.29) is 12.4 Å². The smallest absolute Gasteiger partial charge is 0.246 e. The molecular weight excluding hydrogens is 400 g/mol. The lowest BCUT2D eigenvalue weighted by Crippen LogP contribution is -2.44. The summed E-state index contributed by atoms with van der Waals surface area (Å²) < 4.78 is 25.6. The molecule has 2 N–H and O–H groups in total. The molecule has 0 aromatic heterocycles. The molecule has 0 bridgehead atoms. The minimum Gasteiger partial charge on any atom is -0.307 e. The Hall–Kier alpha value is -1.03. The maximum Gasteiger partial charge on any atom is 0.246 e. The second-order valence-electron chi connectivity index (χ2n) is 4.83. The molecule has 0 heterocycles. The van der Waals surface area contributed by atoms with Crippen LogP contribution in [0.3, 0.4) is 0 Å². The van der Waals surface area contributed by atoms with Crippen LogP contribution in [0, 0.1) is 0 Å². The van der Waals surface area contributed by atoms with E-state index in [4.69, 9.17) is 5.73 Å². The van der Waals surface area contributed by atoms with Crippen molar-refractivity contribution in [1.29, 1.82) is 0 Å². The number of Topliss-reactive ketones (excluding diaryl/α,β-unsaturated/α-hetero) is 1. The van der Waals surface area contributed by atoms with Crippen LogP contribution in [-0.2, 0) is 10.0 Å². The van der Waals surface area contributed by atoms with Crippen molar-refractivity contribution in [3.63, 3.8) is 0 Å². The summed E-state index contributed by atoms with van der Waals surface area (Å²) >= 11 is 2.38. The fourth-order valence-electron chi connectivity index (χ4n) is 1.93. The van der Waals surface area contributed by atoms with Gasteiger partial charge < -0.3 is 5.73 Å². The number of hydrogen-bond donors (Lipinski definition) is 1. The number of benzene rings is 2. The molecule has 9 heteroatoms. The van der Waals surface area contributed by atoms with Gasteiger partial charge in [-0.05, 0) is 24.5 Å². The molecule has 1 atom stereocenters. The van der Waals surface area contributed by atoms with Crippen molar-refractivity contribution in [2.45, 2.75) is 15.2 Å². The first-order valence-electron chi connectivity index (χ1n) is 7.01. The molecule has 2 aromatic rings. The predicted molar refractivity (Wildman–Crippen MR) is 107 cm³/mol. The molecule has 136 valence electrons. The Kier molecular flexibility index (Phi) is 8.46. The predicted octanol–water partition coefficient (Wildman–Crippen LogP) is 3.27. The van der Waals surface area contributed by atoms with Gasteiger partial charge in [-0.15, -0.1) is 16.1 Å². The van der Waals surface area contributed by atoms with Gasteiger partial charge in [-0.2, -0.15) is 0 Å². The highest BCUT2D eigenvalue weighted by molar-refractivity contribution is 8.08. The third-order valence-electron chi connectivity index (χ3n) is 3.32. The number of hydrogen-bond acceptors (Lipinski definition) is 6. The van der Waals surface area contributed by atoms with E-state index in [1.54, 1.807) is 30.5 Å². The van der Waals surface area contributed by atoms with Crippen molar-refractivity contribution < 1.29 is 13.2 Å². The Morgan fingerprint density at radius 1 is 1.08 bits per heavy atom. The van der Waals surface area contributed by atoms with Crippen LogP contribution in [0.4, 0.5) is 0 Å². The average molecular weight is 419 g/mol. The largest absolute Gasteiger partial charge is 0.307 e. The molecule has 0 aliphatic carbocycles. The lowest BCUT2D eigenvalue weighted by molar-refractivity contribution is 0.0984. The highest BCUT2D eigenvalue weighted by Crippen LogP contribution is 2.31. The van der Waals surface area contributed by atoms with E-state index < -0.39 is 21.2 Å². The van der Waals surface area contributed by atoms with Gasteiger partial charge in [-0.1, -0.05) is 60.1 Å². The number of carbonyl (C=O) groups excluding carboxylic acids is 1. The van der Waals surface area contributed by atoms with Crippen LogP contribution >= 0.6 is 36.1 Å². The fraction of sp³-hybridized carbons (Fsp3) is 0.188. The Bertz CT molecular complexity index is 816. The van der Waals surface area contributed by atoms with Gasteiger partial charge in [0.05, 0.1) is 0 Å². The quantitative estimate of drug-likeness (QED) is 0.549. The summed E-state index contributed by atoms with van der Waals surface area (Å²) in [6.45, 7) is 0. The minimum absolute atomic E-state index is 0. The van der Waals surface area contributed by atoms with E-state index in [2.05, 4.69) is 0 Å². The summed E-state index contributed by atoms with van der Waals surface area (Å²) in [7, 11) is -2.54. The lowest BCUT2D eigenvalue weighted by Gasteiger charge is -2.19. The van der Waals surface area contributed by atoms with Crippen LogP contribution in [-0.4, -0.2) is 36.6 Å². The number of carbonyl (C=O) groups is 1. The number of nitrogens with two attached hydrogens (primary N) is 1. The first kappa shape index (κ1) is 22.0. The van der Waals surface area contributed by atoms with Gasteiger partial charge in [-0.25, -0.2) is 8.42 Å². The summed E-state index contributed by atoms with van der Waals surface area (Å²) in [6, 6.07) is 16.4. The summed E-state index contributed by atoms with van der Waals surface area (Å²) in [4.78, 5) is 14.3. The number of ketones is 1. The van der Waals surface area contributed by atoms with Gasteiger partial charge in [0.25, 0.3) is 0 Å². The first-order chi connectivity index (χ1) is 11.4. The van der Waals surface area contributed by atoms with Crippen molar-refractivity contribution in [3.05, 3.63) is 60.2 Å². The number of sulfonamides is 1. The van der Waals surface area contributed by atoms with Crippen molar-refractivity contribution >= 4 is 51.9 Å². The zero-order chi connectivity index (χ0) is 17.7. The normalized spacial score (nSPS) is 12.5. The van der Waals surface area contributed by atoms with E-state index in [0.29, 0.717) is 10.5 Å². The average Bonchev–Trinajstić information content (AvgIpc) is 2.61. The molecule has 0 aliphatic heterocycles. The van der Waals surface area contributed by atoms with Gasteiger partial charge in [0.2, 0.25) is 10.0 Å². The third kappa shape index (κ3) is 5.22. The van der Waals surface area contributed by atoms with E-state index in [0.717, 1.165) is 20.6 Å². The summed E-state index contributed by atoms with van der Waals surface area (Å²) in [6.07, 6.45) is 1.61. The molecule has 0 fully saturated rings. The Labute approximate surface area is 163 Å². The highest BCUT2D eigenvalue weighted by Gasteiger charge is 2.34. The third-order valence-corrected chi connectivity index (χ3v) is 7.56. The molecule has 5 nitrogen and oxygen atoms in total. The van der Waals surface area contributed by atoms with Gasteiger partial charge in [0.15, 0.2) is 11.2 Å². The fourth-order valence-corrected chi connectivity index (χ4v) is 4.73. The number of halogens is 1. The monoisotopic (exact) mass is 418 g/mol. The van der Waals surface area contributed by atoms with Gasteiger partial charge >= 0.3 is 0 Å². The second-order valence-corrected chi connectivity index (χ2v) is 9.18. The molecule has 0 radical (unpaired) electrons. The van der Waals surface area contributed by atoms with Crippen LogP contribution in [0.1, 0.15) is 10.4 Å². The standard InChI is InChI=1S/C16H18N2O3S3.ClH/c1-18(22-2)24(20,21)16(17)15(19)13-10-6-7-11-14(13)23-12-8-4-3-5-9-12;/h3-11,16H,17H2,1-2H3;1H. The van der Waals surface area contributed by atoms with Crippen LogP contribution in [0.25, 0.3) is 0 Å². The zero-order valence-corrected chi connectivity index (χ0v) is 16.9. The Balaban J connectivity index is 0.00000312. The van der Waals surface area contributed by atoms with Crippen molar-refractivity contribution in [1.82, 2.24) is 3.71 Å². The number of nitrogens with zero attached hydrogens (tertiary/aromatic N) is 1. The summed E-state index contributed by atoms with van der Waals surface area (Å²) in [5.74, 6) is -0.616. The topological polar surface area (TPSA) is 80.5 Å². The van der Waals surface area contributed by atoms with E-state index in [1.807, 2.05) is 30.3 Å². The van der Waals surface area contributed by atoms with Gasteiger partial charge in [-0.3, -0.25) is 4.79 Å². The highest BCUT2D eigenvalue weighted by atomic mass is 35.5. The molecule has 0 amide bonds. The van der Waals surface area contributed by atoms with Crippen molar-refractivity contribution in [3.8, 4) is 0 Å². The van der Waals surface area contributed by atoms with E-state index >= 15 is 0 Å². The van der Waals surface area contributed by atoms with Crippen LogP contribution in [0.15, 0.2) is 64.4 Å². The maximum absolute atomic E-state index is 12.7. The SMILES string of the molecule is CSN(C)S(=O)(=O)C(N)C(=O)c1ccccc1Sc1ccccc1.Cl. The molecule has 0 saturated heterocycles. The molecule has 0 aliphatic rings. The first-order valence-corrected chi connectivity index (χ1v) is 10.5. The molecular formula is C16H19ClN2O3S3. The summed E-state index contributed by atoms with van der Waals surface area (Å²) in [5.41, 5.74) is 6.07. The van der Waals surface area contributed by atoms with Crippen LogP contribution in [0.5, 0.6) is 0 Å². The minimum atomic E-state index is -3.91. The van der Waals surface area contributed by atoms with E-state index in [1.165, 1.54) is 18.8 Å². The number of rotatable bonds is 7. The molecule has 0 saturated carbocycles. The molecule has 0 spiro atoms. The Morgan fingerprint density at radius 2 is 1.64 bits per heavy atom.